The van der Waals surface area contributed by atoms with Crippen molar-refractivity contribution in [3.05, 3.63) is 56.1 Å². The normalized spacial score (nSPS) is 12.3. The van der Waals surface area contributed by atoms with Gasteiger partial charge in [-0.1, -0.05) is 0 Å². The van der Waals surface area contributed by atoms with E-state index in [2.05, 4.69) is 5.32 Å². The molecule has 2 aromatic rings. The van der Waals surface area contributed by atoms with E-state index < -0.39 is 46.2 Å². The van der Waals surface area contributed by atoms with E-state index in [-0.39, 0.29) is 0 Å². The molecule has 0 aromatic carbocycles. The summed E-state index contributed by atoms with van der Waals surface area (Å²) in [5.74, 6) is -1.06. The summed E-state index contributed by atoms with van der Waals surface area (Å²) in [4.78, 5) is 26.3. The van der Waals surface area contributed by atoms with Crippen LogP contribution in [0.3, 0.4) is 0 Å². The highest BCUT2D eigenvalue weighted by Crippen LogP contribution is 2.31. The van der Waals surface area contributed by atoms with Crippen molar-refractivity contribution >= 4 is 11.6 Å². The number of rotatable bonds is 2. The number of anilines is 2. The first-order chi connectivity index (χ1) is 10.4. The van der Waals surface area contributed by atoms with Gasteiger partial charge in [-0.05, 0) is 12.1 Å². The molecular formula is C12H7F6N3O2. The fourth-order valence-electron chi connectivity index (χ4n) is 1.69. The molecule has 0 aliphatic rings. The molecule has 3 N–H and O–H groups in total. The van der Waals surface area contributed by atoms with Crippen LogP contribution in [-0.4, -0.2) is 9.97 Å². The van der Waals surface area contributed by atoms with Gasteiger partial charge in [-0.25, -0.2) is 0 Å². The van der Waals surface area contributed by atoms with Gasteiger partial charge in [0.2, 0.25) is 11.1 Å². The Kier molecular flexibility index (Phi) is 3.97. The molecule has 23 heavy (non-hydrogen) atoms. The minimum atomic E-state index is -4.81. The van der Waals surface area contributed by atoms with Crippen molar-refractivity contribution in [3.63, 3.8) is 0 Å². The summed E-state index contributed by atoms with van der Waals surface area (Å²) in [6.07, 6.45) is -9.63. The van der Waals surface area contributed by atoms with E-state index >= 15 is 0 Å². The van der Waals surface area contributed by atoms with Crippen molar-refractivity contribution in [1.29, 1.82) is 0 Å². The van der Waals surface area contributed by atoms with Gasteiger partial charge in [-0.15, -0.1) is 0 Å². The molecule has 0 saturated heterocycles. The van der Waals surface area contributed by atoms with Crippen LogP contribution in [0.4, 0.5) is 38.0 Å². The molecule has 0 bridgehead atoms. The Bertz CT molecular complexity index is 765. The maximum atomic E-state index is 12.6. The number of hydrogen-bond acceptors (Lipinski definition) is 3. The molecule has 2 heterocycles. The van der Waals surface area contributed by atoms with Crippen LogP contribution in [0.25, 0.3) is 0 Å². The van der Waals surface area contributed by atoms with E-state index in [1.54, 1.807) is 0 Å². The van der Waals surface area contributed by atoms with E-state index in [9.17, 15) is 35.9 Å². The quantitative estimate of drug-likeness (QED) is 0.737. The Labute approximate surface area is 123 Å². The second-order valence-corrected chi connectivity index (χ2v) is 4.41. The third-order valence-corrected chi connectivity index (χ3v) is 2.61. The molecule has 0 spiro atoms. The Hall–Kier alpha value is -2.72. The summed E-state index contributed by atoms with van der Waals surface area (Å²) in [7, 11) is 0. The van der Waals surface area contributed by atoms with Gasteiger partial charge in [-0.2, -0.15) is 26.3 Å². The molecule has 0 saturated carbocycles. The number of alkyl halides is 6. The minimum Gasteiger partial charge on any atom is -0.328 e. The van der Waals surface area contributed by atoms with Gasteiger partial charge in [0.25, 0.3) is 0 Å². The predicted molar refractivity (Wildman–Crippen MR) is 67.4 cm³/mol. The Morgan fingerprint density at radius 2 is 1.04 bits per heavy atom. The lowest BCUT2D eigenvalue weighted by molar-refractivity contribution is -0.138. The van der Waals surface area contributed by atoms with E-state index in [1.807, 2.05) is 9.97 Å². The van der Waals surface area contributed by atoms with Gasteiger partial charge in [0.1, 0.15) is 11.6 Å². The first kappa shape index (κ1) is 16.6. The van der Waals surface area contributed by atoms with Crippen LogP contribution < -0.4 is 16.4 Å². The van der Waals surface area contributed by atoms with Crippen LogP contribution in [0.15, 0.2) is 33.9 Å². The zero-order valence-electron chi connectivity index (χ0n) is 10.9. The van der Waals surface area contributed by atoms with Gasteiger partial charge in [0, 0.05) is 12.1 Å². The number of nitrogens with one attached hydrogen (secondary N) is 3. The molecular weight excluding hydrogens is 332 g/mol. The Balaban J connectivity index is 2.44. The summed E-state index contributed by atoms with van der Waals surface area (Å²) in [6, 6.07) is 1.56. The Morgan fingerprint density at radius 3 is 1.35 bits per heavy atom. The van der Waals surface area contributed by atoms with Gasteiger partial charge in [-0.3, -0.25) is 9.59 Å². The molecule has 11 heteroatoms. The van der Waals surface area contributed by atoms with Crippen LogP contribution in [0.1, 0.15) is 11.1 Å². The fourth-order valence-corrected chi connectivity index (χ4v) is 1.69. The molecule has 124 valence electrons. The van der Waals surface area contributed by atoms with Crippen LogP contribution in [0, 0.1) is 0 Å². The van der Waals surface area contributed by atoms with Crippen LogP contribution in [-0.2, 0) is 12.4 Å². The summed E-state index contributed by atoms with van der Waals surface area (Å²) in [5.41, 5.74) is -4.82. The molecule has 0 unspecified atom stereocenters. The minimum absolute atomic E-state index is 0.292. The summed E-state index contributed by atoms with van der Waals surface area (Å²) in [5, 5.41) is 2.10. The van der Waals surface area contributed by atoms with Crippen molar-refractivity contribution in [1.82, 2.24) is 9.97 Å². The lowest BCUT2D eigenvalue weighted by atomic mass is 10.2. The van der Waals surface area contributed by atoms with Gasteiger partial charge in [0.05, 0.1) is 11.1 Å². The highest BCUT2D eigenvalue weighted by atomic mass is 19.4. The third-order valence-electron chi connectivity index (χ3n) is 2.61. The molecule has 0 fully saturated rings. The third kappa shape index (κ3) is 4.14. The van der Waals surface area contributed by atoms with Crippen LogP contribution >= 0.6 is 0 Å². The first-order valence-corrected chi connectivity index (χ1v) is 5.85. The Morgan fingerprint density at radius 1 is 0.696 bits per heavy atom. The predicted octanol–water partition coefficient (Wildman–Crippen LogP) is 2.84. The maximum absolute atomic E-state index is 12.6. The molecule has 0 atom stereocenters. The number of aromatic amines is 2. The maximum Gasteiger partial charge on any atom is 0.416 e. The lowest BCUT2D eigenvalue weighted by Gasteiger charge is -2.12. The molecule has 0 aliphatic heterocycles. The number of H-pyrrole nitrogens is 2. The number of pyridine rings is 2. The number of halogens is 6. The highest BCUT2D eigenvalue weighted by Gasteiger charge is 2.32. The molecule has 5 nitrogen and oxygen atoms in total. The molecule has 0 radical (unpaired) electrons. The zero-order chi connectivity index (χ0) is 17.4. The van der Waals surface area contributed by atoms with E-state index in [4.69, 9.17) is 0 Å². The SMILES string of the molecule is O=c1cc(C(F)(F)F)cc(Nc2cc(C(F)(F)F)cc(=O)[nH]2)[nH]1. The van der Waals surface area contributed by atoms with Crippen LogP contribution in [0.2, 0.25) is 0 Å². The monoisotopic (exact) mass is 339 g/mol. The average molecular weight is 339 g/mol. The van der Waals surface area contributed by atoms with E-state index in [0.29, 0.717) is 24.3 Å². The smallest absolute Gasteiger partial charge is 0.328 e. The van der Waals surface area contributed by atoms with Crippen molar-refractivity contribution in [3.8, 4) is 0 Å². The zero-order valence-corrected chi connectivity index (χ0v) is 10.9. The molecule has 0 aliphatic carbocycles. The van der Waals surface area contributed by atoms with Crippen molar-refractivity contribution in [2.75, 3.05) is 5.32 Å². The van der Waals surface area contributed by atoms with Crippen molar-refractivity contribution in [2.24, 2.45) is 0 Å². The topological polar surface area (TPSA) is 77.8 Å². The van der Waals surface area contributed by atoms with Gasteiger partial charge < -0.3 is 15.3 Å². The lowest BCUT2D eigenvalue weighted by Crippen LogP contribution is -2.17. The van der Waals surface area contributed by atoms with Crippen molar-refractivity contribution < 1.29 is 26.3 Å². The van der Waals surface area contributed by atoms with Crippen molar-refractivity contribution in [2.45, 2.75) is 12.4 Å². The summed E-state index contributed by atoms with van der Waals surface area (Å²) < 4.78 is 75.5. The number of aromatic nitrogens is 2. The number of hydrogen-bond donors (Lipinski definition) is 3. The van der Waals surface area contributed by atoms with Gasteiger partial charge >= 0.3 is 12.4 Å². The standard InChI is InChI=1S/C12H7F6N3O2/c13-11(14,15)5-1-7(20-9(22)3-5)19-8-2-6(12(16,17)18)4-10(23)21-8/h1-4H,(H3,19,20,21,22,23). The molecule has 0 amide bonds. The van der Waals surface area contributed by atoms with E-state index in [0.717, 1.165) is 0 Å². The first-order valence-electron chi connectivity index (χ1n) is 5.85. The van der Waals surface area contributed by atoms with E-state index in [1.165, 1.54) is 0 Å². The molecule has 2 aromatic heterocycles. The summed E-state index contributed by atoms with van der Waals surface area (Å²) >= 11 is 0. The second-order valence-electron chi connectivity index (χ2n) is 4.41. The largest absolute Gasteiger partial charge is 0.416 e. The van der Waals surface area contributed by atoms with Gasteiger partial charge in [0.15, 0.2) is 0 Å². The molecule has 2 rings (SSSR count). The fraction of sp³-hybridized carbons (Fsp3) is 0.167. The van der Waals surface area contributed by atoms with Crippen LogP contribution in [0.5, 0.6) is 0 Å². The average Bonchev–Trinajstić information content (AvgIpc) is 2.35. The second kappa shape index (κ2) is 5.48. The summed E-state index contributed by atoms with van der Waals surface area (Å²) in [6.45, 7) is 0. The highest BCUT2D eigenvalue weighted by molar-refractivity contribution is 5.53.